The van der Waals surface area contributed by atoms with E-state index in [2.05, 4.69) is 20.8 Å². The monoisotopic (exact) mass is 567 g/mol. The number of aromatic nitrogens is 1. The van der Waals surface area contributed by atoms with Crippen LogP contribution in [-0.4, -0.2) is 62.1 Å². The standard InChI is InChI=1S/C17H28F3N5O3S.HI/c1-4-21-16(22-8-5-15-12(2)24-28-13(15)3)23-11-14-6-9-25(10-7-14)29(26,27)17(18,19)20;/h14H,4-11H2,1-3H3,(H2,21,22,23);1H. The Hall–Kier alpha value is -1.09. The Labute approximate surface area is 192 Å². The molecule has 1 aromatic rings. The van der Waals surface area contributed by atoms with E-state index in [0.29, 0.717) is 42.7 Å². The van der Waals surface area contributed by atoms with Crippen LogP contribution < -0.4 is 10.6 Å². The van der Waals surface area contributed by atoms with E-state index in [-0.39, 0.29) is 43.0 Å². The second-order valence-electron chi connectivity index (χ2n) is 6.99. The normalized spacial score (nSPS) is 16.9. The molecule has 0 saturated carbocycles. The summed E-state index contributed by atoms with van der Waals surface area (Å²) in [6.45, 7) is 7.11. The summed E-state index contributed by atoms with van der Waals surface area (Å²) in [7, 11) is -5.24. The van der Waals surface area contributed by atoms with E-state index in [1.165, 1.54) is 0 Å². The van der Waals surface area contributed by atoms with Crippen LogP contribution in [0.4, 0.5) is 13.2 Å². The lowest BCUT2D eigenvalue weighted by atomic mass is 9.98. The molecule has 0 amide bonds. The highest BCUT2D eigenvalue weighted by atomic mass is 127. The van der Waals surface area contributed by atoms with E-state index >= 15 is 0 Å². The van der Waals surface area contributed by atoms with E-state index in [1.54, 1.807) is 0 Å². The van der Waals surface area contributed by atoms with Gasteiger partial charge in [-0.05, 0) is 46.0 Å². The predicted molar refractivity (Wildman–Crippen MR) is 118 cm³/mol. The van der Waals surface area contributed by atoms with Crippen LogP contribution >= 0.6 is 24.0 Å². The molecule has 1 aliphatic heterocycles. The first-order chi connectivity index (χ1) is 13.6. The van der Waals surface area contributed by atoms with Gasteiger partial charge in [0, 0.05) is 38.3 Å². The number of alkyl halides is 3. The van der Waals surface area contributed by atoms with E-state index in [1.807, 2.05) is 20.8 Å². The summed E-state index contributed by atoms with van der Waals surface area (Å²) < 4.78 is 66.5. The Balaban J connectivity index is 0.00000450. The van der Waals surface area contributed by atoms with Gasteiger partial charge >= 0.3 is 15.5 Å². The highest BCUT2D eigenvalue weighted by molar-refractivity contribution is 14.0. The number of halogens is 4. The molecular weight excluding hydrogens is 538 g/mol. The van der Waals surface area contributed by atoms with Crippen molar-refractivity contribution >= 4 is 40.0 Å². The van der Waals surface area contributed by atoms with Crippen LogP contribution in [0.25, 0.3) is 0 Å². The van der Waals surface area contributed by atoms with Gasteiger partial charge in [0.1, 0.15) is 5.76 Å². The van der Waals surface area contributed by atoms with Crippen LogP contribution in [0.1, 0.15) is 36.8 Å². The molecule has 0 bridgehead atoms. The van der Waals surface area contributed by atoms with Gasteiger partial charge in [-0.15, -0.1) is 24.0 Å². The lowest BCUT2D eigenvalue weighted by Crippen LogP contribution is -2.45. The number of guanidine groups is 1. The number of hydrogen-bond acceptors (Lipinski definition) is 5. The molecule has 0 radical (unpaired) electrons. The maximum atomic E-state index is 12.6. The number of piperidine rings is 1. The van der Waals surface area contributed by atoms with Crippen LogP contribution in [-0.2, 0) is 16.4 Å². The highest BCUT2D eigenvalue weighted by Crippen LogP contribution is 2.30. The summed E-state index contributed by atoms with van der Waals surface area (Å²) in [5.74, 6) is 1.43. The molecule has 174 valence electrons. The third-order valence-electron chi connectivity index (χ3n) is 4.91. The van der Waals surface area contributed by atoms with Gasteiger partial charge in [0.25, 0.3) is 0 Å². The van der Waals surface area contributed by atoms with Gasteiger partial charge in [0.05, 0.1) is 5.69 Å². The van der Waals surface area contributed by atoms with E-state index in [4.69, 9.17) is 4.52 Å². The van der Waals surface area contributed by atoms with Crippen LogP contribution in [0.15, 0.2) is 9.52 Å². The smallest absolute Gasteiger partial charge is 0.361 e. The molecule has 0 unspecified atom stereocenters. The predicted octanol–water partition coefficient (Wildman–Crippen LogP) is 2.57. The van der Waals surface area contributed by atoms with Gasteiger partial charge in [0.15, 0.2) is 5.96 Å². The lowest BCUT2D eigenvalue weighted by molar-refractivity contribution is -0.0496. The zero-order valence-corrected chi connectivity index (χ0v) is 20.4. The minimum absolute atomic E-state index is 0. The topological polar surface area (TPSA) is 99.8 Å². The van der Waals surface area contributed by atoms with Crippen molar-refractivity contribution in [2.24, 2.45) is 10.9 Å². The summed E-state index contributed by atoms with van der Waals surface area (Å²) in [4.78, 5) is 4.50. The van der Waals surface area contributed by atoms with Crippen LogP contribution in [0.2, 0.25) is 0 Å². The molecule has 30 heavy (non-hydrogen) atoms. The summed E-state index contributed by atoms with van der Waals surface area (Å²) in [5.41, 5.74) is -3.35. The fourth-order valence-corrected chi connectivity index (χ4v) is 4.19. The zero-order valence-electron chi connectivity index (χ0n) is 17.3. The first-order valence-corrected chi connectivity index (χ1v) is 11.0. The summed E-state index contributed by atoms with van der Waals surface area (Å²) in [5, 5.41) is 10.3. The number of nitrogens with zero attached hydrogens (tertiary/aromatic N) is 3. The number of nitrogens with one attached hydrogen (secondary N) is 2. The Morgan fingerprint density at radius 1 is 1.27 bits per heavy atom. The van der Waals surface area contributed by atoms with Gasteiger partial charge in [-0.2, -0.15) is 17.5 Å². The minimum Gasteiger partial charge on any atom is -0.361 e. The maximum Gasteiger partial charge on any atom is 0.511 e. The molecule has 0 atom stereocenters. The van der Waals surface area contributed by atoms with Crippen molar-refractivity contribution in [2.45, 2.75) is 45.5 Å². The van der Waals surface area contributed by atoms with Gasteiger partial charge in [-0.25, -0.2) is 8.42 Å². The van der Waals surface area contributed by atoms with Crippen molar-refractivity contribution in [2.75, 3.05) is 32.7 Å². The molecule has 2 heterocycles. The third kappa shape index (κ3) is 6.97. The van der Waals surface area contributed by atoms with Crippen molar-refractivity contribution in [3.63, 3.8) is 0 Å². The second kappa shape index (κ2) is 11.5. The Morgan fingerprint density at radius 2 is 1.90 bits per heavy atom. The fourth-order valence-electron chi connectivity index (χ4n) is 3.21. The van der Waals surface area contributed by atoms with Crippen molar-refractivity contribution in [3.05, 3.63) is 17.0 Å². The molecule has 1 aliphatic rings. The molecule has 1 saturated heterocycles. The number of hydrogen-bond donors (Lipinski definition) is 2. The minimum atomic E-state index is -5.25. The van der Waals surface area contributed by atoms with Gasteiger partial charge < -0.3 is 15.2 Å². The maximum absolute atomic E-state index is 12.6. The largest absolute Gasteiger partial charge is 0.511 e. The van der Waals surface area contributed by atoms with E-state index in [9.17, 15) is 21.6 Å². The average Bonchev–Trinajstić information content (AvgIpc) is 2.97. The molecule has 8 nitrogen and oxygen atoms in total. The van der Waals surface area contributed by atoms with Crippen molar-refractivity contribution in [1.82, 2.24) is 20.1 Å². The Bertz CT molecular complexity index is 787. The second-order valence-corrected chi connectivity index (χ2v) is 8.92. The third-order valence-corrected chi connectivity index (χ3v) is 6.54. The summed E-state index contributed by atoms with van der Waals surface area (Å²) in [6.07, 6.45) is 1.41. The van der Waals surface area contributed by atoms with Crippen molar-refractivity contribution < 1.29 is 26.1 Å². The SMILES string of the molecule is CCNC(=NCC1CCN(S(=O)(=O)C(F)(F)F)CC1)NCCc1c(C)noc1C.I. The first-order valence-electron chi connectivity index (χ1n) is 9.56. The first kappa shape index (κ1) is 26.9. The van der Waals surface area contributed by atoms with E-state index < -0.39 is 15.5 Å². The molecule has 0 aromatic carbocycles. The number of rotatable bonds is 7. The quantitative estimate of drug-likeness (QED) is 0.299. The number of aliphatic imine (C=N–C) groups is 1. The van der Waals surface area contributed by atoms with Crippen molar-refractivity contribution in [1.29, 1.82) is 0 Å². The van der Waals surface area contributed by atoms with Gasteiger partial charge in [-0.1, -0.05) is 5.16 Å². The summed E-state index contributed by atoms with van der Waals surface area (Å²) >= 11 is 0. The van der Waals surface area contributed by atoms with Crippen molar-refractivity contribution in [3.8, 4) is 0 Å². The average molecular weight is 567 g/mol. The molecule has 2 N–H and O–H groups in total. The molecule has 0 aliphatic carbocycles. The number of aryl methyl sites for hydroxylation is 2. The molecule has 1 aromatic heterocycles. The van der Waals surface area contributed by atoms with Crippen LogP contribution in [0.3, 0.4) is 0 Å². The molecule has 13 heteroatoms. The fraction of sp³-hybridized carbons (Fsp3) is 0.765. The lowest BCUT2D eigenvalue weighted by Gasteiger charge is -2.30. The van der Waals surface area contributed by atoms with Gasteiger partial charge in [-0.3, -0.25) is 4.99 Å². The molecule has 2 rings (SSSR count). The summed E-state index contributed by atoms with van der Waals surface area (Å²) in [6, 6.07) is 0. The van der Waals surface area contributed by atoms with Crippen LogP contribution in [0, 0.1) is 19.8 Å². The van der Waals surface area contributed by atoms with E-state index in [0.717, 1.165) is 23.4 Å². The molecular formula is C17H29F3IN5O3S. The van der Waals surface area contributed by atoms with Gasteiger partial charge in [0.2, 0.25) is 0 Å². The Kier molecular flexibility index (Phi) is 10.3. The molecule has 0 spiro atoms. The highest BCUT2D eigenvalue weighted by Gasteiger charge is 2.50. The number of sulfonamides is 1. The molecule has 1 fully saturated rings. The van der Waals surface area contributed by atoms with Crippen LogP contribution in [0.5, 0.6) is 0 Å². The zero-order chi connectivity index (χ0) is 21.7. The Morgan fingerprint density at radius 3 is 2.40 bits per heavy atom.